The smallest absolute Gasteiger partial charge is 0.274 e. The highest BCUT2D eigenvalue weighted by molar-refractivity contribution is 7.13. The third-order valence-electron chi connectivity index (χ3n) is 3.68. The summed E-state index contributed by atoms with van der Waals surface area (Å²) in [5.74, 6) is 0.442. The second-order valence-electron chi connectivity index (χ2n) is 5.52. The van der Waals surface area contributed by atoms with E-state index in [9.17, 15) is 4.79 Å². The topological polar surface area (TPSA) is 33.2 Å². The van der Waals surface area contributed by atoms with Crippen LogP contribution in [-0.2, 0) is 0 Å². The summed E-state index contributed by atoms with van der Waals surface area (Å²) in [6.45, 7) is 4.95. The van der Waals surface area contributed by atoms with Crippen LogP contribution in [0.25, 0.3) is 10.6 Å². The summed E-state index contributed by atoms with van der Waals surface area (Å²) in [4.78, 5) is 19.1. The molecule has 1 aliphatic rings. The molecular formula is C17H18N2OS. The average molecular weight is 298 g/mol. The van der Waals surface area contributed by atoms with Crippen LogP contribution in [0.15, 0.2) is 47.9 Å². The number of rotatable bonds is 3. The van der Waals surface area contributed by atoms with Crippen LogP contribution in [0.5, 0.6) is 0 Å². The fraction of sp³-hybridized carbons (Fsp3) is 0.294. The van der Waals surface area contributed by atoms with Crippen molar-refractivity contribution in [2.75, 3.05) is 6.54 Å². The van der Waals surface area contributed by atoms with Gasteiger partial charge in [-0.15, -0.1) is 11.3 Å². The highest BCUT2D eigenvalue weighted by Gasteiger charge is 2.29. The van der Waals surface area contributed by atoms with E-state index in [1.807, 2.05) is 40.6 Å². The Hall–Kier alpha value is -1.94. The largest absolute Gasteiger partial charge is 0.327 e. The Morgan fingerprint density at radius 1 is 1.33 bits per heavy atom. The zero-order chi connectivity index (χ0) is 14.8. The summed E-state index contributed by atoms with van der Waals surface area (Å²) in [6, 6.07) is 10.2. The zero-order valence-corrected chi connectivity index (χ0v) is 13.0. The van der Waals surface area contributed by atoms with Crippen LogP contribution in [0, 0.1) is 5.92 Å². The van der Waals surface area contributed by atoms with Crippen molar-refractivity contribution in [3.05, 3.63) is 53.6 Å². The molecule has 21 heavy (non-hydrogen) atoms. The lowest BCUT2D eigenvalue weighted by Gasteiger charge is -2.26. The van der Waals surface area contributed by atoms with E-state index in [-0.39, 0.29) is 11.9 Å². The number of carbonyl (C=O) groups is 1. The molecule has 0 radical (unpaired) electrons. The molecule has 0 saturated heterocycles. The summed E-state index contributed by atoms with van der Waals surface area (Å²) in [7, 11) is 0. The van der Waals surface area contributed by atoms with Gasteiger partial charge in [-0.1, -0.05) is 56.3 Å². The Kier molecular flexibility index (Phi) is 3.88. The molecule has 108 valence electrons. The van der Waals surface area contributed by atoms with Gasteiger partial charge in [-0.25, -0.2) is 4.98 Å². The van der Waals surface area contributed by atoms with Crippen LogP contribution in [0.4, 0.5) is 0 Å². The highest BCUT2D eigenvalue weighted by atomic mass is 32.1. The molecule has 3 rings (SSSR count). The first-order valence-electron chi connectivity index (χ1n) is 7.15. The van der Waals surface area contributed by atoms with Crippen LogP contribution in [0.3, 0.4) is 0 Å². The quantitative estimate of drug-likeness (QED) is 0.806. The number of nitrogens with zero attached hydrogens (tertiary/aromatic N) is 2. The molecule has 0 saturated carbocycles. The SMILES string of the molecule is CC(C)C1C=CCN1C(=O)c1csc(-c2ccccc2)n1. The van der Waals surface area contributed by atoms with Crippen molar-refractivity contribution in [3.63, 3.8) is 0 Å². The van der Waals surface area contributed by atoms with Crippen molar-refractivity contribution in [3.8, 4) is 10.6 Å². The van der Waals surface area contributed by atoms with Crippen molar-refractivity contribution in [2.24, 2.45) is 5.92 Å². The van der Waals surface area contributed by atoms with Crippen LogP contribution >= 0.6 is 11.3 Å². The predicted octanol–water partition coefficient (Wildman–Crippen LogP) is 3.85. The van der Waals surface area contributed by atoms with Crippen LogP contribution in [-0.4, -0.2) is 28.4 Å². The van der Waals surface area contributed by atoms with Gasteiger partial charge in [-0.05, 0) is 5.92 Å². The fourth-order valence-electron chi connectivity index (χ4n) is 2.57. The van der Waals surface area contributed by atoms with E-state index in [2.05, 4.69) is 31.0 Å². The van der Waals surface area contributed by atoms with Crippen molar-refractivity contribution in [1.29, 1.82) is 0 Å². The monoisotopic (exact) mass is 298 g/mol. The standard InChI is InChI=1S/C17H18N2OS/c1-12(2)15-9-6-10-19(15)17(20)14-11-21-16(18-14)13-7-4-3-5-8-13/h3-9,11-12,15H,10H2,1-2H3. The number of benzene rings is 1. The van der Waals surface area contributed by atoms with Gasteiger partial charge in [0.05, 0.1) is 6.04 Å². The number of hydrogen-bond acceptors (Lipinski definition) is 3. The number of carbonyl (C=O) groups excluding carboxylic acids is 1. The number of aromatic nitrogens is 1. The van der Waals surface area contributed by atoms with E-state index >= 15 is 0 Å². The molecule has 0 fully saturated rings. The van der Waals surface area contributed by atoms with Crippen molar-refractivity contribution in [2.45, 2.75) is 19.9 Å². The summed E-state index contributed by atoms with van der Waals surface area (Å²) in [6.07, 6.45) is 4.18. The molecular weight excluding hydrogens is 280 g/mol. The van der Waals surface area contributed by atoms with Crippen LogP contribution < -0.4 is 0 Å². The number of hydrogen-bond donors (Lipinski definition) is 0. The molecule has 1 aliphatic heterocycles. The van der Waals surface area contributed by atoms with Crippen LogP contribution in [0.1, 0.15) is 24.3 Å². The molecule has 1 atom stereocenters. The molecule has 0 aliphatic carbocycles. The van der Waals surface area contributed by atoms with Gasteiger partial charge in [-0.3, -0.25) is 4.79 Å². The average Bonchev–Trinajstić information content (AvgIpc) is 3.17. The molecule has 1 aromatic heterocycles. The van der Waals surface area contributed by atoms with Gasteiger partial charge in [0.25, 0.3) is 5.91 Å². The molecule has 1 amide bonds. The minimum absolute atomic E-state index is 0.0251. The highest BCUT2D eigenvalue weighted by Crippen LogP contribution is 2.26. The van der Waals surface area contributed by atoms with E-state index in [4.69, 9.17) is 0 Å². The van der Waals surface area contributed by atoms with Gasteiger partial charge in [0, 0.05) is 17.5 Å². The predicted molar refractivity (Wildman–Crippen MR) is 86.4 cm³/mol. The lowest BCUT2D eigenvalue weighted by Crippen LogP contribution is -2.39. The molecule has 2 heterocycles. The van der Waals surface area contributed by atoms with Crippen LogP contribution in [0.2, 0.25) is 0 Å². The molecule has 2 aromatic rings. The summed E-state index contributed by atoms with van der Waals surface area (Å²) in [5, 5.41) is 2.76. The first-order chi connectivity index (χ1) is 10.2. The zero-order valence-electron chi connectivity index (χ0n) is 12.2. The van der Waals surface area contributed by atoms with E-state index in [0.717, 1.165) is 10.6 Å². The molecule has 1 unspecified atom stereocenters. The lowest BCUT2D eigenvalue weighted by molar-refractivity contribution is 0.0715. The Morgan fingerprint density at radius 3 is 2.81 bits per heavy atom. The van der Waals surface area contributed by atoms with Gasteiger partial charge in [0.15, 0.2) is 0 Å². The van der Waals surface area contributed by atoms with Crippen molar-refractivity contribution in [1.82, 2.24) is 9.88 Å². The summed E-state index contributed by atoms with van der Waals surface area (Å²) < 4.78 is 0. The molecule has 0 N–H and O–H groups in total. The Morgan fingerprint density at radius 2 is 2.10 bits per heavy atom. The Bertz CT molecular complexity index is 660. The van der Waals surface area contributed by atoms with Gasteiger partial charge >= 0.3 is 0 Å². The maximum absolute atomic E-state index is 12.6. The van der Waals surface area contributed by atoms with Gasteiger partial charge in [0.2, 0.25) is 0 Å². The van der Waals surface area contributed by atoms with Gasteiger partial charge < -0.3 is 4.90 Å². The van der Waals surface area contributed by atoms with E-state index in [0.29, 0.717) is 18.2 Å². The Balaban J connectivity index is 1.82. The second kappa shape index (κ2) is 5.82. The molecule has 1 aromatic carbocycles. The molecule has 3 nitrogen and oxygen atoms in total. The first-order valence-corrected chi connectivity index (χ1v) is 8.03. The minimum Gasteiger partial charge on any atom is -0.327 e. The van der Waals surface area contributed by atoms with E-state index in [1.54, 1.807) is 0 Å². The van der Waals surface area contributed by atoms with E-state index in [1.165, 1.54) is 11.3 Å². The molecule has 0 spiro atoms. The maximum atomic E-state index is 12.6. The molecule has 0 bridgehead atoms. The number of thiazole rings is 1. The lowest BCUT2D eigenvalue weighted by atomic mass is 10.0. The van der Waals surface area contributed by atoms with Crippen molar-refractivity contribution < 1.29 is 4.79 Å². The summed E-state index contributed by atoms with van der Waals surface area (Å²) >= 11 is 1.52. The normalized spacial score (nSPS) is 17.7. The third-order valence-corrected chi connectivity index (χ3v) is 4.57. The van der Waals surface area contributed by atoms with Gasteiger partial charge in [0.1, 0.15) is 10.7 Å². The minimum atomic E-state index is 0.0251. The molecule has 4 heteroatoms. The first kappa shape index (κ1) is 14.0. The van der Waals surface area contributed by atoms with Gasteiger partial charge in [-0.2, -0.15) is 0 Å². The maximum Gasteiger partial charge on any atom is 0.274 e. The fourth-order valence-corrected chi connectivity index (χ4v) is 3.37. The number of amides is 1. The third kappa shape index (κ3) is 2.76. The van der Waals surface area contributed by atoms with E-state index < -0.39 is 0 Å². The second-order valence-corrected chi connectivity index (χ2v) is 6.38. The van der Waals surface area contributed by atoms with Crippen molar-refractivity contribution >= 4 is 17.2 Å². The Labute approximate surface area is 128 Å². The summed E-state index contributed by atoms with van der Waals surface area (Å²) in [5.41, 5.74) is 1.61.